The fraction of sp³-hybridized carbons (Fsp3) is 0.125. The monoisotopic (exact) mass is 268 g/mol. The van der Waals surface area contributed by atoms with E-state index in [1.54, 1.807) is 37.5 Å². The molecule has 0 bridgehead atoms. The lowest BCUT2D eigenvalue weighted by atomic mass is 9.98. The molecule has 0 saturated carbocycles. The number of para-hydroxylation sites is 1. The highest BCUT2D eigenvalue weighted by Crippen LogP contribution is 2.27. The molecular formula is C16H13FN2O. The summed E-state index contributed by atoms with van der Waals surface area (Å²) in [7, 11) is 0. The van der Waals surface area contributed by atoms with E-state index < -0.39 is 6.10 Å². The largest absolute Gasteiger partial charge is 0.384 e. The Hall–Kier alpha value is -2.33. The fourth-order valence-electron chi connectivity index (χ4n) is 2.25. The molecule has 2 aromatic carbocycles. The number of aryl methyl sites for hydroxylation is 1. The maximum absolute atomic E-state index is 13.3. The molecule has 3 rings (SSSR count). The van der Waals surface area contributed by atoms with Gasteiger partial charge in [-0.25, -0.2) is 4.39 Å². The van der Waals surface area contributed by atoms with Gasteiger partial charge in [-0.05, 0) is 30.2 Å². The molecule has 3 nitrogen and oxygen atoms in total. The van der Waals surface area contributed by atoms with Gasteiger partial charge in [0, 0.05) is 18.0 Å². The molecule has 1 N–H and O–H groups in total. The number of hydrogen-bond donors (Lipinski definition) is 1. The van der Waals surface area contributed by atoms with Crippen LogP contribution in [0.2, 0.25) is 0 Å². The van der Waals surface area contributed by atoms with E-state index in [1.807, 2.05) is 12.1 Å². The summed E-state index contributed by atoms with van der Waals surface area (Å²) in [5.74, 6) is -0.279. The number of halogens is 1. The van der Waals surface area contributed by atoms with Crippen molar-refractivity contribution in [3.8, 4) is 0 Å². The highest BCUT2D eigenvalue weighted by atomic mass is 19.1. The van der Waals surface area contributed by atoms with Crippen LogP contribution in [0.15, 0.2) is 48.8 Å². The third-order valence-corrected chi connectivity index (χ3v) is 3.32. The van der Waals surface area contributed by atoms with Crippen LogP contribution in [0.4, 0.5) is 4.39 Å². The summed E-state index contributed by atoms with van der Waals surface area (Å²) in [6.07, 6.45) is 2.35. The van der Waals surface area contributed by atoms with Crippen LogP contribution in [0.5, 0.6) is 0 Å². The Morgan fingerprint density at radius 3 is 2.70 bits per heavy atom. The molecule has 0 spiro atoms. The lowest BCUT2D eigenvalue weighted by molar-refractivity contribution is 0.221. The van der Waals surface area contributed by atoms with Crippen molar-refractivity contribution in [1.82, 2.24) is 9.97 Å². The van der Waals surface area contributed by atoms with E-state index in [0.29, 0.717) is 22.2 Å². The van der Waals surface area contributed by atoms with E-state index in [-0.39, 0.29) is 5.82 Å². The topological polar surface area (TPSA) is 46.0 Å². The number of aliphatic hydroxyl groups excluding tert-OH is 1. The first kappa shape index (κ1) is 12.7. The lowest BCUT2D eigenvalue weighted by Gasteiger charge is -2.14. The van der Waals surface area contributed by atoms with E-state index in [0.717, 1.165) is 5.52 Å². The van der Waals surface area contributed by atoms with Crippen molar-refractivity contribution in [2.75, 3.05) is 0 Å². The summed E-state index contributed by atoms with van der Waals surface area (Å²) in [6.45, 7) is 1.68. The predicted molar refractivity (Wildman–Crippen MR) is 74.7 cm³/mol. The quantitative estimate of drug-likeness (QED) is 0.776. The average Bonchev–Trinajstić information content (AvgIpc) is 2.49. The van der Waals surface area contributed by atoms with Gasteiger partial charge in [-0.1, -0.05) is 24.3 Å². The van der Waals surface area contributed by atoms with Crippen LogP contribution in [-0.4, -0.2) is 15.1 Å². The molecule has 100 valence electrons. The lowest BCUT2D eigenvalue weighted by Crippen LogP contribution is -2.02. The highest BCUT2D eigenvalue weighted by molar-refractivity contribution is 5.78. The molecule has 0 aliphatic carbocycles. The maximum atomic E-state index is 13.3. The third-order valence-electron chi connectivity index (χ3n) is 3.32. The Bertz CT molecular complexity index is 768. The van der Waals surface area contributed by atoms with Crippen LogP contribution in [0.3, 0.4) is 0 Å². The van der Waals surface area contributed by atoms with E-state index in [4.69, 9.17) is 0 Å². The minimum absolute atomic E-state index is 0.279. The van der Waals surface area contributed by atoms with Crippen molar-refractivity contribution in [1.29, 1.82) is 0 Å². The van der Waals surface area contributed by atoms with Gasteiger partial charge in [-0.15, -0.1) is 0 Å². The Kier molecular flexibility index (Phi) is 3.16. The van der Waals surface area contributed by atoms with Crippen molar-refractivity contribution in [2.45, 2.75) is 13.0 Å². The van der Waals surface area contributed by atoms with E-state index in [2.05, 4.69) is 9.97 Å². The molecule has 1 aromatic heterocycles. The second kappa shape index (κ2) is 4.98. The molecule has 0 aliphatic rings. The maximum Gasteiger partial charge on any atom is 0.126 e. The first-order valence-corrected chi connectivity index (χ1v) is 6.30. The summed E-state index contributed by atoms with van der Waals surface area (Å²) in [5, 5.41) is 10.5. The average molecular weight is 268 g/mol. The van der Waals surface area contributed by atoms with E-state index in [1.165, 1.54) is 6.07 Å². The minimum Gasteiger partial charge on any atom is -0.384 e. The van der Waals surface area contributed by atoms with Crippen LogP contribution in [0.25, 0.3) is 11.0 Å². The number of aromatic nitrogens is 2. The van der Waals surface area contributed by atoms with Gasteiger partial charge >= 0.3 is 0 Å². The smallest absolute Gasteiger partial charge is 0.126 e. The molecule has 3 aromatic rings. The number of nitrogens with zero attached hydrogens (tertiary/aromatic N) is 2. The number of hydrogen-bond acceptors (Lipinski definition) is 3. The first-order valence-electron chi connectivity index (χ1n) is 6.30. The van der Waals surface area contributed by atoms with E-state index >= 15 is 0 Å². The van der Waals surface area contributed by atoms with Crippen LogP contribution in [0, 0.1) is 12.7 Å². The predicted octanol–water partition coefficient (Wildman–Crippen LogP) is 3.16. The fourth-order valence-corrected chi connectivity index (χ4v) is 2.25. The molecule has 1 unspecified atom stereocenters. The van der Waals surface area contributed by atoms with Crippen molar-refractivity contribution in [2.24, 2.45) is 0 Å². The van der Waals surface area contributed by atoms with Crippen LogP contribution >= 0.6 is 0 Å². The standard InChI is InChI=1S/C16H13FN2O/c1-10-9-11(5-6-13(10)17)16(20)12-3-2-4-14-15(12)19-8-7-18-14/h2-9,16,20H,1H3. The zero-order valence-corrected chi connectivity index (χ0v) is 10.9. The van der Waals surface area contributed by atoms with Gasteiger partial charge in [-0.2, -0.15) is 0 Å². The second-order valence-electron chi connectivity index (χ2n) is 4.68. The molecule has 20 heavy (non-hydrogen) atoms. The zero-order valence-electron chi connectivity index (χ0n) is 10.9. The summed E-state index contributed by atoms with van der Waals surface area (Å²) >= 11 is 0. The zero-order chi connectivity index (χ0) is 14.1. The Balaban J connectivity index is 2.12. The third kappa shape index (κ3) is 2.14. The minimum atomic E-state index is -0.852. The van der Waals surface area contributed by atoms with Crippen LogP contribution in [-0.2, 0) is 0 Å². The van der Waals surface area contributed by atoms with Gasteiger partial charge in [0.2, 0.25) is 0 Å². The normalized spacial score (nSPS) is 12.6. The van der Waals surface area contributed by atoms with Gasteiger partial charge in [-0.3, -0.25) is 9.97 Å². The molecule has 1 heterocycles. The molecule has 0 saturated heterocycles. The van der Waals surface area contributed by atoms with Crippen molar-refractivity contribution in [3.05, 3.63) is 71.3 Å². The number of aliphatic hydroxyl groups is 1. The summed E-state index contributed by atoms with van der Waals surface area (Å²) in [5.41, 5.74) is 3.20. The number of benzene rings is 2. The molecule has 0 aliphatic heterocycles. The van der Waals surface area contributed by atoms with Crippen molar-refractivity contribution >= 4 is 11.0 Å². The molecule has 0 fully saturated rings. The Labute approximate surface area is 115 Å². The summed E-state index contributed by atoms with van der Waals surface area (Å²) in [6, 6.07) is 10.1. The number of rotatable bonds is 2. The van der Waals surface area contributed by atoms with Crippen molar-refractivity contribution < 1.29 is 9.50 Å². The molecule has 0 amide bonds. The molecule has 4 heteroatoms. The summed E-state index contributed by atoms with van der Waals surface area (Å²) in [4.78, 5) is 8.49. The first-order chi connectivity index (χ1) is 9.66. The van der Waals surface area contributed by atoms with Gasteiger partial charge in [0.1, 0.15) is 11.9 Å². The van der Waals surface area contributed by atoms with Gasteiger partial charge in [0.15, 0.2) is 0 Å². The second-order valence-corrected chi connectivity index (χ2v) is 4.68. The molecule has 1 atom stereocenters. The molecule has 0 radical (unpaired) electrons. The van der Waals surface area contributed by atoms with Crippen LogP contribution in [0.1, 0.15) is 22.8 Å². The SMILES string of the molecule is Cc1cc(C(O)c2cccc3nccnc23)ccc1F. The Morgan fingerprint density at radius 1 is 1.10 bits per heavy atom. The van der Waals surface area contributed by atoms with Crippen LogP contribution < -0.4 is 0 Å². The van der Waals surface area contributed by atoms with E-state index in [9.17, 15) is 9.50 Å². The Morgan fingerprint density at radius 2 is 1.90 bits per heavy atom. The molecular weight excluding hydrogens is 255 g/mol. The van der Waals surface area contributed by atoms with Crippen molar-refractivity contribution in [3.63, 3.8) is 0 Å². The summed E-state index contributed by atoms with van der Waals surface area (Å²) < 4.78 is 13.3. The van der Waals surface area contributed by atoms with Gasteiger partial charge in [0.25, 0.3) is 0 Å². The van der Waals surface area contributed by atoms with Gasteiger partial charge in [0.05, 0.1) is 11.0 Å². The highest BCUT2D eigenvalue weighted by Gasteiger charge is 2.15. The van der Waals surface area contributed by atoms with Gasteiger partial charge < -0.3 is 5.11 Å². The number of fused-ring (bicyclic) bond motifs is 1.